The van der Waals surface area contributed by atoms with Gasteiger partial charge in [0.2, 0.25) is 0 Å². The smallest absolute Gasteiger partial charge is 0.344 e. The highest BCUT2D eigenvalue weighted by Gasteiger charge is 2.33. The minimum absolute atomic E-state index is 0.248. The van der Waals surface area contributed by atoms with Gasteiger partial charge in [0.15, 0.2) is 0 Å². The fraction of sp³-hybridized carbons (Fsp3) is 0.154. The number of fused-ring (bicyclic) bond motifs is 2. The number of carbonyl (C=O) groups excluding carboxylic acids is 1. The minimum Gasteiger partial charge on any atom is -0.423 e. The third kappa shape index (κ3) is 1.08. The fourth-order valence-electron chi connectivity index (χ4n) is 2.27. The van der Waals surface area contributed by atoms with E-state index in [2.05, 4.69) is 12.6 Å². The summed E-state index contributed by atoms with van der Waals surface area (Å²) in [5, 5.41) is 0. The number of aryl methyl sites for hydroxylation is 1. The lowest BCUT2D eigenvalue weighted by molar-refractivity contribution is -0.131. The van der Waals surface area contributed by atoms with Crippen LogP contribution >= 0.6 is 0 Å². The van der Waals surface area contributed by atoms with Gasteiger partial charge in [0.1, 0.15) is 5.76 Å². The van der Waals surface area contributed by atoms with Crippen LogP contribution in [0.1, 0.15) is 17.5 Å². The third-order valence-corrected chi connectivity index (χ3v) is 2.99. The van der Waals surface area contributed by atoms with E-state index in [1.165, 1.54) is 5.56 Å². The Morgan fingerprint density at radius 1 is 1.20 bits per heavy atom. The van der Waals surface area contributed by atoms with Crippen LogP contribution in [0.4, 0.5) is 0 Å². The van der Waals surface area contributed by atoms with Gasteiger partial charge in [-0.1, -0.05) is 30.8 Å². The molecule has 15 heavy (non-hydrogen) atoms. The second-order valence-electron chi connectivity index (χ2n) is 3.82. The van der Waals surface area contributed by atoms with Gasteiger partial charge in [-0.15, -0.1) is 0 Å². The number of allylic oxidation sites excluding steroid dienone is 1. The molecule has 1 aromatic carbocycles. The molecule has 3 rings (SSSR count). The molecule has 0 atom stereocenters. The van der Waals surface area contributed by atoms with Gasteiger partial charge in [-0.05, 0) is 24.0 Å². The van der Waals surface area contributed by atoms with E-state index in [1.54, 1.807) is 0 Å². The molecule has 0 saturated carbocycles. The molecule has 0 spiro atoms. The first-order valence-electron chi connectivity index (χ1n) is 5.00. The highest BCUT2D eigenvalue weighted by atomic mass is 16.5. The molecule has 0 N–H and O–H groups in total. The molecule has 0 radical (unpaired) electrons. The van der Waals surface area contributed by atoms with Crippen molar-refractivity contribution < 1.29 is 9.53 Å². The van der Waals surface area contributed by atoms with Gasteiger partial charge in [0.05, 0.1) is 5.57 Å². The first kappa shape index (κ1) is 8.48. The summed E-state index contributed by atoms with van der Waals surface area (Å²) < 4.78 is 5.06. The lowest BCUT2D eigenvalue weighted by Crippen LogP contribution is -2.05. The maximum atomic E-state index is 11.6. The van der Waals surface area contributed by atoms with Crippen LogP contribution in [0.2, 0.25) is 0 Å². The van der Waals surface area contributed by atoms with Crippen molar-refractivity contribution in [1.82, 2.24) is 0 Å². The second kappa shape index (κ2) is 2.83. The Morgan fingerprint density at radius 2 is 2.00 bits per heavy atom. The molecule has 1 aliphatic carbocycles. The van der Waals surface area contributed by atoms with Crippen LogP contribution in [0.15, 0.2) is 42.2 Å². The van der Waals surface area contributed by atoms with Gasteiger partial charge in [0, 0.05) is 5.57 Å². The molecule has 1 aliphatic heterocycles. The Hall–Kier alpha value is -1.83. The second-order valence-corrected chi connectivity index (χ2v) is 3.82. The molecule has 0 aromatic heterocycles. The summed E-state index contributed by atoms with van der Waals surface area (Å²) in [5.74, 6) is 0.284. The van der Waals surface area contributed by atoms with E-state index in [1.807, 2.05) is 18.2 Å². The first-order chi connectivity index (χ1) is 7.27. The average molecular weight is 198 g/mol. The number of ether oxygens (including phenoxy) is 1. The SMILES string of the molecule is C=C1OC(=O)C2=C1CCc1ccccc12. The molecule has 0 unspecified atom stereocenters. The summed E-state index contributed by atoms with van der Waals surface area (Å²) in [4.78, 5) is 11.6. The average Bonchev–Trinajstić information content (AvgIpc) is 2.55. The Labute approximate surface area is 87.9 Å². The number of rotatable bonds is 0. The van der Waals surface area contributed by atoms with Crippen LogP contribution in [-0.4, -0.2) is 5.97 Å². The van der Waals surface area contributed by atoms with E-state index in [0.717, 1.165) is 29.6 Å². The third-order valence-electron chi connectivity index (χ3n) is 2.99. The summed E-state index contributed by atoms with van der Waals surface area (Å²) >= 11 is 0. The molecular formula is C13H10O2. The Balaban J connectivity index is 2.27. The monoisotopic (exact) mass is 198 g/mol. The zero-order chi connectivity index (χ0) is 10.4. The van der Waals surface area contributed by atoms with E-state index in [-0.39, 0.29) is 5.97 Å². The van der Waals surface area contributed by atoms with Crippen LogP contribution in [0.25, 0.3) is 5.57 Å². The Kier molecular flexibility index (Phi) is 1.60. The van der Waals surface area contributed by atoms with Gasteiger partial charge in [0.25, 0.3) is 0 Å². The molecule has 2 heteroatoms. The van der Waals surface area contributed by atoms with Crippen molar-refractivity contribution in [2.45, 2.75) is 12.8 Å². The van der Waals surface area contributed by atoms with Gasteiger partial charge in [-0.3, -0.25) is 0 Å². The lowest BCUT2D eigenvalue weighted by atomic mass is 9.86. The molecule has 2 aliphatic rings. The Bertz CT molecular complexity index is 509. The lowest BCUT2D eigenvalue weighted by Gasteiger charge is -2.15. The molecule has 0 bridgehead atoms. The van der Waals surface area contributed by atoms with Crippen LogP contribution in [0, 0.1) is 0 Å². The van der Waals surface area contributed by atoms with Gasteiger partial charge in [-0.25, -0.2) is 4.79 Å². The zero-order valence-electron chi connectivity index (χ0n) is 8.25. The number of carbonyl (C=O) groups is 1. The highest BCUT2D eigenvalue weighted by Crippen LogP contribution is 2.40. The number of hydrogen-bond donors (Lipinski definition) is 0. The van der Waals surface area contributed by atoms with E-state index in [0.29, 0.717) is 5.76 Å². The summed E-state index contributed by atoms with van der Waals surface area (Å²) in [6, 6.07) is 7.99. The van der Waals surface area contributed by atoms with E-state index < -0.39 is 0 Å². The summed E-state index contributed by atoms with van der Waals surface area (Å²) in [5.41, 5.74) is 3.95. The largest absolute Gasteiger partial charge is 0.423 e. The molecular weight excluding hydrogens is 188 g/mol. The van der Waals surface area contributed by atoms with Crippen LogP contribution in [0.5, 0.6) is 0 Å². The van der Waals surface area contributed by atoms with Crippen LogP contribution in [0.3, 0.4) is 0 Å². The van der Waals surface area contributed by atoms with E-state index >= 15 is 0 Å². The molecule has 1 heterocycles. The normalized spacial score (nSPS) is 18.7. The Morgan fingerprint density at radius 3 is 2.87 bits per heavy atom. The molecule has 0 fully saturated rings. The highest BCUT2D eigenvalue weighted by molar-refractivity contribution is 6.21. The molecule has 74 valence electrons. The van der Waals surface area contributed by atoms with Crippen molar-refractivity contribution in [2.24, 2.45) is 0 Å². The van der Waals surface area contributed by atoms with E-state index in [4.69, 9.17) is 4.74 Å². The zero-order valence-corrected chi connectivity index (χ0v) is 8.25. The number of esters is 1. The predicted octanol–water partition coefficient (Wildman–Crippen LogP) is 2.46. The van der Waals surface area contributed by atoms with E-state index in [9.17, 15) is 4.79 Å². The first-order valence-corrected chi connectivity index (χ1v) is 5.00. The van der Waals surface area contributed by atoms with Gasteiger partial charge in [-0.2, -0.15) is 0 Å². The summed E-state index contributed by atoms with van der Waals surface area (Å²) in [7, 11) is 0. The maximum Gasteiger partial charge on any atom is 0.344 e. The quantitative estimate of drug-likeness (QED) is 0.598. The fourth-order valence-corrected chi connectivity index (χ4v) is 2.27. The standard InChI is InChI=1S/C13H10O2/c1-8-10-7-6-9-4-2-3-5-11(9)12(10)13(14)15-8/h2-5H,1,6-7H2. The van der Waals surface area contributed by atoms with Crippen molar-refractivity contribution in [2.75, 3.05) is 0 Å². The summed E-state index contributed by atoms with van der Waals surface area (Å²) in [6.07, 6.45) is 1.82. The predicted molar refractivity (Wildman–Crippen MR) is 56.9 cm³/mol. The molecule has 0 saturated heterocycles. The van der Waals surface area contributed by atoms with Crippen molar-refractivity contribution in [1.29, 1.82) is 0 Å². The van der Waals surface area contributed by atoms with Crippen LogP contribution in [-0.2, 0) is 16.0 Å². The summed E-state index contributed by atoms with van der Waals surface area (Å²) in [6.45, 7) is 3.76. The van der Waals surface area contributed by atoms with Crippen molar-refractivity contribution in [3.05, 3.63) is 53.3 Å². The van der Waals surface area contributed by atoms with Crippen molar-refractivity contribution in [3.8, 4) is 0 Å². The minimum atomic E-state index is -0.248. The van der Waals surface area contributed by atoms with Gasteiger partial charge < -0.3 is 4.74 Å². The van der Waals surface area contributed by atoms with Crippen molar-refractivity contribution >= 4 is 11.5 Å². The number of cyclic esters (lactones) is 1. The van der Waals surface area contributed by atoms with Gasteiger partial charge >= 0.3 is 5.97 Å². The molecule has 2 nitrogen and oxygen atoms in total. The van der Waals surface area contributed by atoms with Crippen LogP contribution < -0.4 is 0 Å². The number of benzene rings is 1. The topological polar surface area (TPSA) is 26.3 Å². The molecule has 0 amide bonds. The van der Waals surface area contributed by atoms with Crippen molar-refractivity contribution in [3.63, 3.8) is 0 Å². The maximum absolute atomic E-state index is 11.6. The number of hydrogen-bond acceptors (Lipinski definition) is 2. The molecule has 1 aromatic rings.